The topological polar surface area (TPSA) is 70.3 Å². The van der Waals surface area contributed by atoms with Gasteiger partial charge < -0.3 is 16.0 Å². The quantitative estimate of drug-likeness (QED) is 0.774. The maximum Gasteiger partial charge on any atom is 0.223 e. The van der Waals surface area contributed by atoms with Crippen LogP contribution >= 0.6 is 11.6 Å². The van der Waals surface area contributed by atoms with Crippen molar-refractivity contribution < 1.29 is 0 Å². The third kappa shape index (κ3) is 3.44. The van der Waals surface area contributed by atoms with Crippen LogP contribution in [0.15, 0.2) is 6.07 Å². The summed E-state index contributed by atoms with van der Waals surface area (Å²) in [5, 5.41) is 3.62. The molecule has 0 amide bonds. The summed E-state index contributed by atoms with van der Waals surface area (Å²) in [5.74, 6) is 0.869. The first-order valence-corrected chi connectivity index (χ1v) is 6.35. The van der Waals surface area contributed by atoms with E-state index in [0.717, 1.165) is 26.2 Å². The lowest BCUT2D eigenvalue weighted by Gasteiger charge is -2.37. The van der Waals surface area contributed by atoms with Gasteiger partial charge in [-0.05, 0) is 14.1 Å². The van der Waals surface area contributed by atoms with E-state index in [4.69, 9.17) is 17.3 Å². The second kappa shape index (κ2) is 5.69. The highest BCUT2D eigenvalue weighted by molar-refractivity contribution is 6.29. The molecule has 18 heavy (non-hydrogen) atoms. The van der Waals surface area contributed by atoms with Crippen LogP contribution in [-0.2, 0) is 0 Å². The average Bonchev–Trinajstić information content (AvgIpc) is 2.29. The minimum Gasteiger partial charge on any atom is -0.368 e. The first kappa shape index (κ1) is 13.3. The number of piperazine rings is 1. The molecule has 100 valence electrons. The zero-order valence-corrected chi connectivity index (χ0v) is 11.5. The zero-order valence-electron chi connectivity index (χ0n) is 10.7. The van der Waals surface area contributed by atoms with Crippen LogP contribution in [0.25, 0.3) is 0 Å². The Bertz CT molecular complexity index is 392. The Morgan fingerprint density at radius 1 is 1.44 bits per heavy atom. The van der Waals surface area contributed by atoms with Gasteiger partial charge in [-0.1, -0.05) is 11.6 Å². The number of anilines is 2. The van der Waals surface area contributed by atoms with Gasteiger partial charge >= 0.3 is 0 Å². The van der Waals surface area contributed by atoms with Crippen LogP contribution in [0.5, 0.6) is 0 Å². The summed E-state index contributed by atoms with van der Waals surface area (Å²) in [4.78, 5) is 12.6. The summed E-state index contributed by atoms with van der Waals surface area (Å²) in [6.07, 6.45) is 0. The van der Waals surface area contributed by atoms with Crippen LogP contribution < -0.4 is 11.1 Å². The normalized spacial score (nSPS) is 22.1. The summed E-state index contributed by atoms with van der Waals surface area (Å²) >= 11 is 5.83. The molecule has 0 aliphatic carbocycles. The summed E-state index contributed by atoms with van der Waals surface area (Å²) in [7, 11) is 4.28. The van der Waals surface area contributed by atoms with Crippen LogP contribution in [0.3, 0.4) is 0 Å². The summed E-state index contributed by atoms with van der Waals surface area (Å²) in [6.45, 7) is 4.04. The molecule has 1 saturated heterocycles. The lowest BCUT2D eigenvalue weighted by atomic mass is 10.2. The minimum atomic E-state index is 0.194. The number of hydrogen-bond donors (Lipinski definition) is 2. The number of likely N-dealkylation sites (N-methyl/N-ethyl adjacent to an activating group) is 2. The molecule has 7 heteroatoms. The van der Waals surface area contributed by atoms with E-state index in [-0.39, 0.29) is 5.95 Å². The first-order valence-electron chi connectivity index (χ1n) is 5.97. The molecule has 1 unspecified atom stereocenters. The van der Waals surface area contributed by atoms with Crippen molar-refractivity contribution in [2.24, 2.45) is 0 Å². The van der Waals surface area contributed by atoms with Gasteiger partial charge in [0, 0.05) is 38.3 Å². The molecule has 1 aromatic heterocycles. The highest BCUT2D eigenvalue weighted by Crippen LogP contribution is 2.13. The van der Waals surface area contributed by atoms with E-state index < -0.39 is 0 Å². The molecule has 1 aliphatic rings. The minimum absolute atomic E-state index is 0.194. The number of nitrogens with zero attached hydrogens (tertiary/aromatic N) is 4. The second-order valence-corrected chi connectivity index (χ2v) is 5.10. The molecule has 0 aromatic carbocycles. The monoisotopic (exact) mass is 270 g/mol. The van der Waals surface area contributed by atoms with Gasteiger partial charge in [0.05, 0.1) is 0 Å². The van der Waals surface area contributed by atoms with E-state index in [0.29, 0.717) is 17.0 Å². The molecule has 1 atom stereocenters. The molecule has 0 radical (unpaired) electrons. The maximum absolute atomic E-state index is 5.83. The van der Waals surface area contributed by atoms with Gasteiger partial charge in [0.25, 0.3) is 0 Å². The number of aromatic nitrogens is 2. The van der Waals surface area contributed by atoms with Gasteiger partial charge in [-0.2, -0.15) is 4.98 Å². The zero-order chi connectivity index (χ0) is 13.1. The first-order chi connectivity index (χ1) is 8.54. The molecular formula is C11H19ClN6. The van der Waals surface area contributed by atoms with Gasteiger partial charge in [-0.25, -0.2) is 4.98 Å². The van der Waals surface area contributed by atoms with Gasteiger partial charge in [-0.15, -0.1) is 0 Å². The lowest BCUT2D eigenvalue weighted by molar-refractivity contribution is 0.122. The lowest BCUT2D eigenvalue weighted by Crippen LogP contribution is -2.52. The number of rotatable bonds is 3. The summed E-state index contributed by atoms with van der Waals surface area (Å²) < 4.78 is 0. The van der Waals surface area contributed by atoms with E-state index in [9.17, 15) is 0 Å². The van der Waals surface area contributed by atoms with Crippen LogP contribution in [0.2, 0.25) is 5.15 Å². The van der Waals surface area contributed by atoms with Crippen molar-refractivity contribution in [3.63, 3.8) is 0 Å². The second-order valence-electron chi connectivity index (χ2n) is 4.71. The van der Waals surface area contributed by atoms with Crippen LogP contribution in [0.1, 0.15) is 0 Å². The summed E-state index contributed by atoms with van der Waals surface area (Å²) in [5.41, 5.74) is 5.55. The standard InChI is InChI=1S/C11H19ClN6/c1-17-3-4-18(2)8(7-17)6-14-10-5-9(12)15-11(13)16-10/h5,8H,3-4,6-7H2,1-2H3,(H3,13,14,15,16). The number of nitrogens with one attached hydrogen (secondary N) is 1. The van der Waals surface area contributed by atoms with Gasteiger partial charge in [0.2, 0.25) is 5.95 Å². The molecule has 1 aromatic rings. The Hall–Kier alpha value is -1.11. The van der Waals surface area contributed by atoms with E-state index in [2.05, 4.69) is 39.2 Å². The molecular weight excluding hydrogens is 252 g/mol. The molecule has 1 aliphatic heterocycles. The Morgan fingerprint density at radius 2 is 2.22 bits per heavy atom. The van der Waals surface area contributed by atoms with E-state index >= 15 is 0 Å². The predicted molar refractivity (Wildman–Crippen MR) is 73.9 cm³/mol. The average molecular weight is 271 g/mol. The predicted octanol–water partition coefficient (Wildman–Crippen LogP) is 0.370. The third-order valence-corrected chi connectivity index (χ3v) is 3.40. The Labute approximate surface area is 112 Å². The van der Waals surface area contributed by atoms with Crippen molar-refractivity contribution in [3.05, 3.63) is 11.2 Å². The van der Waals surface area contributed by atoms with Crippen LogP contribution in [0, 0.1) is 0 Å². The van der Waals surface area contributed by atoms with Crippen molar-refractivity contribution in [1.29, 1.82) is 0 Å². The molecule has 2 rings (SSSR count). The molecule has 1 fully saturated rings. The van der Waals surface area contributed by atoms with Gasteiger partial charge in [0.15, 0.2) is 0 Å². The van der Waals surface area contributed by atoms with Crippen molar-refractivity contribution in [2.45, 2.75) is 6.04 Å². The maximum atomic E-state index is 5.83. The van der Waals surface area contributed by atoms with Crippen molar-refractivity contribution in [3.8, 4) is 0 Å². The van der Waals surface area contributed by atoms with Crippen LogP contribution in [-0.4, -0.2) is 66.1 Å². The number of hydrogen-bond acceptors (Lipinski definition) is 6. The van der Waals surface area contributed by atoms with E-state index in [1.807, 2.05) is 0 Å². The number of halogens is 1. The third-order valence-electron chi connectivity index (χ3n) is 3.21. The molecule has 0 bridgehead atoms. The number of nitrogens with two attached hydrogens (primary N) is 1. The fraction of sp³-hybridized carbons (Fsp3) is 0.636. The SMILES string of the molecule is CN1CCN(C)C(CNc2cc(Cl)nc(N)n2)C1. The smallest absolute Gasteiger partial charge is 0.223 e. The molecule has 2 heterocycles. The van der Waals surface area contributed by atoms with Crippen molar-refractivity contribution in [1.82, 2.24) is 19.8 Å². The van der Waals surface area contributed by atoms with Gasteiger partial charge in [0.1, 0.15) is 11.0 Å². The van der Waals surface area contributed by atoms with Crippen LogP contribution in [0.4, 0.5) is 11.8 Å². The van der Waals surface area contributed by atoms with Gasteiger partial charge in [-0.3, -0.25) is 4.90 Å². The van der Waals surface area contributed by atoms with E-state index in [1.165, 1.54) is 0 Å². The van der Waals surface area contributed by atoms with Crippen molar-refractivity contribution in [2.75, 3.05) is 51.3 Å². The van der Waals surface area contributed by atoms with Crippen molar-refractivity contribution >= 4 is 23.4 Å². The Morgan fingerprint density at radius 3 is 2.94 bits per heavy atom. The molecule has 0 spiro atoms. The highest BCUT2D eigenvalue weighted by Gasteiger charge is 2.21. The molecule has 0 saturated carbocycles. The highest BCUT2D eigenvalue weighted by atomic mass is 35.5. The number of nitrogen functional groups attached to an aromatic ring is 1. The fourth-order valence-corrected chi connectivity index (χ4v) is 2.26. The largest absolute Gasteiger partial charge is 0.368 e. The fourth-order valence-electron chi connectivity index (χ4n) is 2.07. The molecule has 3 N–H and O–H groups in total. The molecule has 6 nitrogen and oxygen atoms in total. The Balaban J connectivity index is 1.94. The van der Waals surface area contributed by atoms with E-state index in [1.54, 1.807) is 6.07 Å². The Kier molecular flexibility index (Phi) is 4.21. The summed E-state index contributed by atoms with van der Waals surface area (Å²) in [6, 6.07) is 2.14.